The van der Waals surface area contributed by atoms with Gasteiger partial charge < -0.3 is 24.8 Å². The zero-order valence-electron chi connectivity index (χ0n) is 21.9. The van der Waals surface area contributed by atoms with Crippen LogP contribution in [-0.4, -0.2) is 72.5 Å². The number of hydrogen-bond donors (Lipinski definition) is 1. The zero-order chi connectivity index (χ0) is 26.3. The molecule has 0 aromatic heterocycles. The normalized spacial score (nSPS) is 17.8. The molecule has 2 aromatic carbocycles. The van der Waals surface area contributed by atoms with Crippen molar-refractivity contribution in [3.05, 3.63) is 66.2 Å². The van der Waals surface area contributed by atoms with E-state index in [-0.39, 0.29) is 30.9 Å². The van der Waals surface area contributed by atoms with Gasteiger partial charge in [-0.15, -0.1) is 0 Å². The Balaban J connectivity index is 1.39. The second-order valence-corrected chi connectivity index (χ2v) is 10.1. The Hall–Kier alpha value is -3.39. The van der Waals surface area contributed by atoms with E-state index in [1.54, 1.807) is 9.80 Å². The molecule has 0 bridgehead atoms. The lowest BCUT2D eigenvalue weighted by Crippen LogP contribution is -2.57. The van der Waals surface area contributed by atoms with Crippen molar-refractivity contribution in [3.63, 3.8) is 0 Å². The molecule has 2 saturated heterocycles. The molecule has 2 heterocycles. The highest BCUT2D eigenvalue weighted by Crippen LogP contribution is 2.39. The second kappa shape index (κ2) is 12.2. The van der Waals surface area contributed by atoms with E-state index in [4.69, 9.17) is 4.74 Å². The molecule has 8 nitrogen and oxygen atoms in total. The van der Waals surface area contributed by atoms with Crippen molar-refractivity contribution in [2.75, 3.05) is 44.4 Å². The lowest BCUT2D eigenvalue weighted by Gasteiger charge is -2.43. The fourth-order valence-electron chi connectivity index (χ4n) is 5.03. The van der Waals surface area contributed by atoms with Crippen LogP contribution in [0.3, 0.4) is 0 Å². The van der Waals surface area contributed by atoms with Crippen LogP contribution < -0.4 is 10.2 Å². The molecule has 0 radical (unpaired) electrons. The van der Waals surface area contributed by atoms with Crippen LogP contribution in [0.15, 0.2) is 60.7 Å². The number of nitrogens with one attached hydrogen (secondary N) is 1. The Morgan fingerprint density at radius 1 is 1.03 bits per heavy atom. The summed E-state index contributed by atoms with van der Waals surface area (Å²) in [7, 11) is 0. The molecule has 37 heavy (non-hydrogen) atoms. The molecule has 8 heteroatoms. The number of amides is 3. The number of anilines is 1. The molecule has 198 valence electrons. The fourth-order valence-corrected chi connectivity index (χ4v) is 5.03. The van der Waals surface area contributed by atoms with Crippen molar-refractivity contribution in [1.82, 2.24) is 15.1 Å². The molecular weight excluding hydrogens is 468 g/mol. The molecule has 1 spiro atoms. The van der Waals surface area contributed by atoms with E-state index in [1.165, 1.54) is 0 Å². The van der Waals surface area contributed by atoms with E-state index in [2.05, 4.69) is 24.1 Å². The predicted molar refractivity (Wildman–Crippen MR) is 143 cm³/mol. The van der Waals surface area contributed by atoms with E-state index < -0.39 is 5.54 Å². The quantitative estimate of drug-likeness (QED) is 0.536. The largest absolute Gasteiger partial charge is 0.367 e. The molecule has 2 aromatic rings. The summed E-state index contributed by atoms with van der Waals surface area (Å²) in [6.45, 7) is 6.52. The summed E-state index contributed by atoms with van der Waals surface area (Å²) in [6.07, 6.45) is 2.01. The minimum atomic E-state index is -0.764. The van der Waals surface area contributed by atoms with Gasteiger partial charge in [-0.3, -0.25) is 14.4 Å². The van der Waals surface area contributed by atoms with E-state index >= 15 is 0 Å². The second-order valence-electron chi connectivity index (χ2n) is 10.1. The van der Waals surface area contributed by atoms with Gasteiger partial charge in [0.1, 0.15) is 18.7 Å². The maximum absolute atomic E-state index is 13.8. The zero-order valence-corrected chi connectivity index (χ0v) is 21.9. The summed E-state index contributed by atoms with van der Waals surface area (Å²) in [4.78, 5) is 44.8. The van der Waals surface area contributed by atoms with Gasteiger partial charge in [-0.1, -0.05) is 68.8 Å². The SMILES string of the molecule is CCC(C)CNC(=O)CN1CN(c2ccccc2)C2(CCN(C(=O)COCc3ccccc3)CC2)C1=O. The van der Waals surface area contributed by atoms with Gasteiger partial charge in [0.25, 0.3) is 5.91 Å². The maximum atomic E-state index is 13.8. The van der Waals surface area contributed by atoms with E-state index in [9.17, 15) is 14.4 Å². The molecule has 2 aliphatic rings. The Morgan fingerprint density at radius 2 is 1.68 bits per heavy atom. The van der Waals surface area contributed by atoms with Gasteiger partial charge in [-0.2, -0.15) is 0 Å². The van der Waals surface area contributed by atoms with Gasteiger partial charge >= 0.3 is 0 Å². The third kappa shape index (κ3) is 6.31. The lowest BCUT2D eigenvalue weighted by atomic mass is 9.85. The summed E-state index contributed by atoms with van der Waals surface area (Å²) < 4.78 is 5.65. The molecule has 0 aliphatic carbocycles. The molecule has 2 fully saturated rings. The van der Waals surface area contributed by atoms with E-state index in [1.807, 2.05) is 60.7 Å². The highest BCUT2D eigenvalue weighted by Gasteiger charge is 2.54. The molecular formula is C29H38N4O4. The van der Waals surface area contributed by atoms with Crippen LogP contribution in [0.25, 0.3) is 0 Å². The van der Waals surface area contributed by atoms with Crippen molar-refractivity contribution in [1.29, 1.82) is 0 Å². The van der Waals surface area contributed by atoms with Crippen LogP contribution >= 0.6 is 0 Å². The van der Waals surface area contributed by atoms with Gasteiger partial charge in [0.05, 0.1) is 13.3 Å². The van der Waals surface area contributed by atoms with Crippen LogP contribution in [0.2, 0.25) is 0 Å². The third-order valence-corrected chi connectivity index (χ3v) is 7.54. The monoisotopic (exact) mass is 506 g/mol. The number of piperidine rings is 1. The van der Waals surface area contributed by atoms with Gasteiger partial charge in [-0.25, -0.2) is 0 Å². The van der Waals surface area contributed by atoms with Gasteiger partial charge in [0.2, 0.25) is 11.8 Å². The average molecular weight is 507 g/mol. The molecule has 0 saturated carbocycles. The fraction of sp³-hybridized carbons (Fsp3) is 0.483. The number of rotatable bonds is 10. The third-order valence-electron chi connectivity index (χ3n) is 7.54. The molecule has 4 rings (SSSR count). The molecule has 1 N–H and O–H groups in total. The number of carbonyl (C=O) groups is 3. The highest BCUT2D eigenvalue weighted by molar-refractivity contribution is 5.96. The summed E-state index contributed by atoms with van der Waals surface area (Å²) in [5, 5.41) is 2.96. The van der Waals surface area contributed by atoms with Crippen LogP contribution in [0.5, 0.6) is 0 Å². The Labute approximate surface area is 219 Å². The molecule has 1 atom stereocenters. The van der Waals surface area contributed by atoms with E-state index in [0.717, 1.165) is 17.7 Å². The van der Waals surface area contributed by atoms with Crippen molar-refractivity contribution >= 4 is 23.4 Å². The first kappa shape index (κ1) is 26.7. The standard InChI is InChI=1S/C29H38N4O4/c1-3-23(2)18-30-26(34)19-32-22-33(25-12-8-5-9-13-25)29(28(32)36)14-16-31(17-15-29)27(35)21-37-20-24-10-6-4-7-11-24/h4-13,23H,3,14-22H2,1-2H3,(H,30,34). The summed E-state index contributed by atoms with van der Waals surface area (Å²) in [6, 6.07) is 19.6. The van der Waals surface area contributed by atoms with Gasteiger partial charge in [-0.05, 0) is 36.5 Å². The summed E-state index contributed by atoms with van der Waals surface area (Å²) in [5.41, 5.74) is 1.21. The Kier molecular flexibility index (Phi) is 8.82. The number of ether oxygens (including phenoxy) is 1. The van der Waals surface area contributed by atoms with Crippen molar-refractivity contribution in [2.24, 2.45) is 5.92 Å². The highest BCUT2D eigenvalue weighted by atomic mass is 16.5. The first-order valence-electron chi connectivity index (χ1n) is 13.2. The van der Waals surface area contributed by atoms with Crippen LogP contribution in [0.4, 0.5) is 5.69 Å². The first-order valence-corrected chi connectivity index (χ1v) is 13.2. The number of benzene rings is 2. The lowest BCUT2D eigenvalue weighted by molar-refractivity contribution is -0.142. The van der Waals surface area contributed by atoms with Gasteiger partial charge in [0.15, 0.2) is 0 Å². The minimum absolute atomic E-state index is 0.0146. The van der Waals surface area contributed by atoms with Crippen molar-refractivity contribution in [3.8, 4) is 0 Å². The average Bonchev–Trinajstić information content (AvgIpc) is 3.19. The molecule has 2 aliphatic heterocycles. The van der Waals surface area contributed by atoms with Crippen LogP contribution in [-0.2, 0) is 25.7 Å². The summed E-state index contributed by atoms with van der Waals surface area (Å²) >= 11 is 0. The van der Waals surface area contributed by atoms with Crippen molar-refractivity contribution in [2.45, 2.75) is 45.3 Å². The Morgan fingerprint density at radius 3 is 2.32 bits per heavy atom. The number of nitrogens with zero attached hydrogens (tertiary/aromatic N) is 3. The molecule has 3 amide bonds. The van der Waals surface area contributed by atoms with Crippen molar-refractivity contribution < 1.29 is 19.1 Å². The smallest absolute Gasteiger partial charge is 0.250 e. The van der Waals surface area contributed by atoms with Crippen LogP contribution in [0, 0.1) is 5.92 Å². The Bertz CT molecular complexity index is 1050. The number of hydrogen-bond acceptors (Lipinski definition) is 5. The van der Waals surface area contributed by atoms with Gasteiger partial charge in [0, 0.05) is 25.3 Å². The van der Waals surface area contributed by atoms with Crippen LogP contribution in [0.1, 0.15) is 38.7 Å². The topological polar surface area (TPSA) is 82.2 Å². The molecule has 1 unspecified atom stereocenters. The predicted octanol–water partition coefficient (Wildman–Crippen LogP) is 3.03. The maximum Gasteiger partial charge on any atom is 0.250 e. The number of para-hydroxylation sites is 1. The van der Waals surface area contributed by atoms with E-state index in [0.29, 0.717) is 51.7 Å². The number of likely N-dealkylation sites (tertiary alicyclic amines) is 1. The number of carbonyl (C=O) groups excluding carboxylic acids is 3. The first-order chi connectivity index (χ1) is 17.9. The minimum Gasteiger partial charge on any atom is -0.367 e. The summed E-state index contributed by atoms with van der Waals surface area (Å²) in [5.74, 6) is 0.150.